The molecule has 0 saturated carbocycles. The molecule has 7 heteroatoms. The molecule has 7 nitrogen and oxygen atoms in total. The van der Waals surface area contributed by atoms with Gasteiger partial charge in [0.25, 0.3) is 0 Å². The molecule has 1 aliphatic heterocycles. The van der Waals surface area contributed by atoms with E-state index >= 15 is 0 Å². The van der Waals surface area contributed by atoms with Gasteiger partial charge in [-0.1, -0.05) is 0 Å². The summed E-state index contributed by atoms with van der Waals surface area (Å²) in [4.78, 5) is 33.0. The van der Waals surface area contributed by atoms with Gasteiger partial charge in [0.2, 0.25) is 11.8 Å². The smallest absolute Gasteiger partial charge is 0.308 e. The molecule has 1 aromatic carbocycles. The van der Waals surface area contributed by atoms with Crippen molar-refractivity contribution in [2.24, 2.45) is 5.92 Å². The number of carbonyl (C=O) groups excluding carboxylic acids is 1. The summed E-state index contributed by atoms with van der Waals surface area (Å²) >= 11 is 0. The van der Waals surface area contributed by atoms with E-state index in [2.05, 4.69) is 9.97 Å². The first kappa shape index (κ1) is 14.4. The molecule has 3 heterocycles. The molecule has 0 aliphatic carbocycles. The number of aromatic nitrogens is 2. The highest BCUT2D eigenvalue weighted by Crippen LogP contribution is 2.30. The van der Waals surface area contributed by atoms with Crippen LogP contribution in [0.1, 0.15) is 6.42 Å². The predicted molar refractivity (Wildman–Crippen MR) is 85.3 cm³/mol. The van der Waals surface area contributed by atoms with Crippen LogP contribution in [0.4, 0.5) is 5.69 Å². The quantitative estimate of drug-likeness (QED) is 0.794. The minimum atomic E-state index is -0.952. The molecule has 1 atom stereocenters. The molecule has 1 aliphatic rings. The van der Waals surface area contributed by atoms with Crippen molar-refractivity contribution in [1.29, 1.82) is 0 Å². The summed E-state index contributed by atoms with van der Waals surface area (Å²) in [6, 6.07) is 8.83. The first-order chi connectivity index (χ1) is 11.6. The van der Waals surface area contributed by atoms with E-state index in [1.807, 2.05) is 0 Å². The summed E-state index contributed by atoms with van der Waals surface area (Å²) in [6.45, 7) is 0.172. The van der Waals surface area contributed by atoms with Crippen LogP contribution in [0.3, 0.4) is 0 Å². The zero-order valence-electron chi connectivity index (χ0n) is 12.5. The second-order valence-electron chi connectivity index (χ2n) is 5.65. The monoisotopic (exact) mass is 323 g/mol. The van der Waals surface area contributed by atoms with Gasteiger partial charge in [-0.2, -0.15) is 0 Å². The van der Waals surface area contributed by atoms with Crippen molar-refractivity contribution in [1.82, 2.24) is 9.97 Å². The zero-order valence-corrected chi connectivity index (χ0v) is 12.5. The normalized spacial score (nSPS) is 17.6. The molecule has 0 unspecified atom stereocenters. The van der Waals surface area contributed by atoms with E-state index in [1.54, 1.807) is 42.7 Å². The second kappa shape index (κ2) is 5.45. The Morgan fingerprint density at radius 2 is 2.04 bits per heavy atom. The van der Waals surface area contributed by atoms with E-state index in [4.69, 9.17) is 9.52 Å². The summed E-state index contributed by atoms with van der Waals surface area (Å²) < 4.78 is 5.77. The van der Waals surface area contributed by atoms with Gasteiger partial charge in [-0.15, -0.1) is 0 Å². The third-order valence-electron chi connectivity index (χ3n) is 4.09. The van der Waals surface area contributed by atoms with Gasteiger partial charge in [0, 0.05) is 42.7 Å². The maximum atomic E-state index is 12.1. The number of amides is 1. The van der Waals surface area contributed by atoms with Crippen LogP contribution in [-0.2, 0) is 9.59 Å². The number of fused-ring (bicyclic) bond motifs is 1. The van der Waals surface area contributed by atoms with E-state index in [0.29, 0.717) is 22.7 Å². The number of carboxylic acids is 1. The van der Waals surface area contributed by atoms with Gasteiger partial charge in [0.05, 0.1) is 5.92 Å². The number of pyridine rings is 1. The molecule has 0 radical (unpaired) electrons. The molecule has 1 saturated heterocycles. The highest BCUT2D eigenvalue weighted by molar-refractivity contribution is 6.00. The summed E-state index contributed by atoms with van der Waals surface area (Å²) in [5, 5.41) is 9.08. The number of nitrogens with zero attached hydrogens (tertiary/aromatic N) is 3. The standard InChI is InChI=1S/C17H13N3O4/c21-15-7-11(17(22)23)9-20(15)12-1-2-13-14(8-12)24-16(19-13)10-3-5-18-6-4-10/h1-6,8,11H,7,9H2,(H,22,23)/t11-/m1/s1. The highest BCUT2D eigenvalue weighted by atomic mass is 16.4. The van der Waals surface area contributed by atoms with Crippen molar-refractivity contribution >= 4 is 28.7 Å². The number of hydrogen-bond donors (Lipinski definition) is 1. The zero-order chi connectivity index (χ0) is 16.7. The Morgan fingerprint density at radius 3 is 2.75 bits per heavy atom. The molecule has 1 fully saturated rings. The predicted octanol–water partition coefficient (Wildman–Crippen LogP) is 2.33. The van der Waals surface area contributed by atoms with Gasteiger partial charge < -0.3 is 14.4 Å². The second-order valence-corrected chi connectivity index (χ2v) is 5.65. The minimum absolute atomic E-state index is 0.0199. The maximum Gasteiger partial charge on any atom is 0.308 e. The van der Waals surface area contributed by atoms with Crippen LogP contribution in [0.5, 0.6) is 0 Å². The number of oxazole rings is 1. The molecule has 1 amide bonds. The average molecular weight is 323 g/mol. The lowest BCUT2D eigenvalue weighted by Gasteiger charge is -2.15. The van der Waals surface area contributed by atoms with E-state index < -0.39 is 11.9 Å². The van der Waals surface area contributed by atoms with Crippen LogP contribution >= 0.6 is 0 Å². The molecule has 4 rings (SSSR count). The average Bonchev–Trinajstić information content (AvgIpc) is 3.18. The Hall–Kier alpha value is -3.22. The van der Waals surface area contributed by atoms with Crippen molar-refractivity contribution < 1.29 is 19.1 Å². The summed E-state index contributed by atoms with van der Waals surface area (Å²) in [7, 11) is 0. The fourth-order valence-electron chi connectivity index (χ4n) is 2.82. The summed E-state index contributed by atoms with van der Waals surface area (Å²) in [5.41, 5.74) is 2.65. The van der Waals surface area contributed by atoms with Crippen molar-refractivity contribution in [3.8, 4) is 11.5 Å². The van der Waals surface area contributed by atoms with Crippen LogP contribution in [0.25, 0.3) is 22.6 Å². The molecule has 1 N–H and O–H groups in total. The Kier molecular flexibility index (Phi) is 3.26. The maximum absolute atomic E-state index is 12.1. The molecule has 0 bridgehead atoms. The number of benzene rings is 1. The fourth-order valence-corrected chi connectivity index (χ4v) is 2.82. The van der Waals surface area contributed by atoms with E-state index in [-0.39, 0.29) is 18.9 Å². The third-order valence-corrected chi connectivity index (χ3v) is 4.09. The van der Waals surface area contributed by atoms with Gasteiger partial charge >= 0.3 is 5.97 Å². The molecule has 120 valence electrons. The Bertz CT molecular complexity index is 935. The van der Waals surface area contributed by atoms with Gasteiger partial charge in [0.1, 0.15) is 5.52 Å². The first-order valence-electron chi connectivity index (χ1n) is 7.46. The van der Waals surface area contributed by atoms with Crippen LogP contribution in [0.2, 0.25) is 0 Å². The van der Waals surface area contributed by atoms with Gasteiger partial charge in [-0.3, -0.25) is 14.6 Å². The number of carboxylic acid groups (broad SMARTS) is 1. The van der Waals surface area contributed by atoms with Gasteiger partial charge in [-0.25, -0.2) is 4.98 Å². The van der Waals surface area contributed by atoms with Crippen molar-refractivity contribution in [3.05, 3.63) is 42.7 Å². The van der Waals surface area contributed by atoms with Crippen LogP contribution in [0, 0.1) is 5.92 Å². The molecule has 3 aromatic rings. The molecular weight excluding hydrogens is 310 g/mol. The largest absolute Gasteiger partial charge is 0.481 e. The topological polar surface area (TPSA) is 96.5 Å². The highest BCUT2D eigenvalue weighted by Gasteiger charge is 2.35. The van der Waals surface area contributed by atoms with Crippen molar-refractivity contribution in [2.75, 3.05) is 11.4 Å². The lowest BCUT2D eigenvalue weighted by molar-refractivity contribution is -0.141. The number of carbonyl (C=O) groups is 2. The number of hydrogen-bond acceptors (Lipinski definition) is 5. The number of rotatable bonds is 3. The van der Waals surface area contributed by atoms with Crippen molar-refractivity contribution in [3.63, 3.8) is 0 Å². The minimum Gasteiger partial charge on any atom is -0.481 e. The lowest BCUT2D eigenvalue weighted by atomic mass is 10.1. The Morgan fingerprint density at radius 1 is 1.25 bits per heavy atom. The third kappa shape index (κ3) is 2.40. The summed E-state index contributed by atoms with van der Waals surface area (Å²) in [6.07, 6.45) is 3.33. The summed E-state index contributed by atoms with van der Waals surface area (Å²) in [5.74, 6) is -1.35. The number of aliphatic carboxylic acids is 1. The molecule has 2 aromatic heterocycles. The van der Waals surface area contributed by atoms with Crippen LogP contribution in [0.15, 0.2) is 47.1 Å². The molecular formula is C17H13N3O4. The van der Waals surface area contributed by atoms with Crippen molar-refractivity contribution in [2.45, 2.75) is 6.42 Å². The van der Waals surface area contributed by atoms with Gasteiger partial charge in [0.15, 0.2) is 5.58 Å². The van der Waals surface area contributed by atoms with E-state index in [9.17, 15) is 9.59 Å². The molecule has 0 spiro atoms. The van der Waals surface area contributed by atoms with E-state index in [1.165, 1.54) is 4.90 Å². The SMILES string of the molecule is O=C(O)[C@@H]1CC(=O)N(c2ccc3nc(-c4ccncc4)oc3c2)C1. The first-order valence-corrected chi connectivity index (χ1v) is 7.46. The lowest BCUT2D eigenvalue weighted by Crippen LogP contribution is -2.25. The Balaban J connectivity index is 1.69. The van der Waals surface area contributed by atoms with Gasteiger partial charge in [-0.05, 0) is 24.3 Å². The van der Waals surface area contributed by atoms with E-state index in [0.717, 1.165) is 5.56 Å². The Labute approximate surface area is 136 Å². The fraction of sp³-hybridized carbons (Fsp3) is 0.176. The van der Waals surface area contributed by atoms with Crippen LogP contribution < -0.4 is 4.90 Å². The number of anilines is 1. The van der Waals surface area contributed by atoms with Crippen LogP contribution in [-0.4, -0.2) is 33.5 Å². The molecule has 24 heavy (non-hydrogen) atoms.